The van der Waals surface area contributed by atoms with Gasteiger partial charge >= 0.3 is 0 Å². The molecule has 0 fully saturated rings. The van der Waals surface area contributed by atoms with Crippen molar-refractivity contribution >= 4 is 23.6 Å². The van der Waals surface area contributed by atoms with Crippen LogP contribution in [0.25, 0.3) is 6.08 Å². The van der Waals surface area contributed by atoms with Crippen molar-refractivity contribution in [2.45, 2.75) is 0 Å². The number of ether oxygens (including phenoxy) is 1. The second kappa shape index (κ2) is 7.13. The highest BCUT2D eigenvalue weighted by molar-refractivity contribution is 6.07. The molecule has 2 aromatic rings. The van der Waals surface area contributed by atoms with Crippen LogP contribution in [0.2, 0.25) is 0 Å². The number of phenols is 1. The Morgan fingerprint density at radius 1 is 1.22 bits per heavy atom. The van der Waals surface area contributed by atoms with Gasteiger partial charge in [0, 0.05) is 6.08 Å². The largest absolute Gasteiger partial charge is 0.504 e. The number of nitrogens with one attached hydrogen (secondary N) is 1. The van der Waals surface area contributed by atoms with E-state index in [1.54, 1.807) is 36.4 Å². The summed E-state index contributed by atoms with van der Waals surface area (Å²) in [7, 11) is 1.44. The van der Waals surface area contributed by atoms with E-state index in [9.17, 15) is 14.7 Å². The molecule has 2 rings (SSSR count). The lowest BCUT2D eigenvalue weighted by Crippen LogP contribution is -2.16. The third-order valence-electron chi connectivity index (χ3n) is 3.08. The normalized spacial score (nSPS) is 10.5. The number of carbonyl (C=O) groups excluding carboxylic acids is 2. The third kappa shape index (κ3) is 4.10. The molecule has 0 spiro atoms. The number of amides is 2. The SMILES string of the molecule is COc1cc(/C=C/C(=O)Nc2ccccc2C(N)=O)ccc1O. The van der Waals surface area contributed by atoms with Crippen molar-refractivity contribution < 1.29 is 19.4 Å². The predicted octanol–water partition coefficient (Wildman–Crippen LogP) is 2.15. The highest BCUT2D eigenvalue weighted by Gasteiger charge is 2.08. The molecule has 0 radical (unpaired) electrons. The van der Waals surface area contributed by atoms with Crippen LogP contribution < -0.4 is 15.8 Å². The topological polar surface area (TPSA) is 102 Å². The summed E-state index contributed by atoms with van der Waals surface area (Å²) in [5.41, 5.74) is 6.52. The van der Waals surface area contributed by atoms with Gasteiger partial charge in [0.25, 0.3) is 5.91 Å². The van der Waals surface area contributed by atoms with Crippen LogP contribution in [0.5, 0.6) is 11.5 Å². The first-order chi connectivity index (χ1) is 11.0. The summed E-state index contributed by atoms with van der Waals surface area (Å²) in [5, 5.41) is 12.1. The molecule has 0 unspecified atom stereocenters. The number of hydrogen-bond acceptors (Lipinski definition) is 4. The van der Waals surface area contributed by atoms with Crippen molar-refractivity contribution in [1.29, 1.82) is 0 Å². The lowest BCUT2D eigenvalue weighted by atomic mass is 10.1. The van der Waals surface area contributed by atoms with E-state index < -0.39 is 11.8 Å². The van der Waals surface area contributed by atoms with Gasteiger partial charge in [-0.3, -0.25) is 9.59 Å². The number of rotatable bonds is 5. The first kappa shape index (κ1) is 16.1. The summed E-state index contributed by atoms with van der Waals surface area (Å²) in [5.74, 6) is -0.699. The highest BCUT2D eigenvalue weighted by Crippen LogP contribution is 2.26. The summed E-state index contributed by atoms with van der Waals surface area (Å²) in [6.07, 6.45) is 2.87. The summed E-state index contributed by atoms with van der Waals surface area (Å²) >= 11 is 0. The summed E-state index contributed by atoms with van der Waals surface area (Å²) in [6, 6.07) is 11.2. The number of primary amides is 1. The number of anilines is 1. The molecule has 118 valence electrons. The minimum atomic E-state index is -0.617. The molecule has 4 N–H and O–H groups in total. The van der Waals surface area contributed by atoms with Gasteiger partial charge in [0.15, 0.2) is 11.5 Å². The van der Waals surface area contributed by atoms with Crippen LogP contribution in [0.4, 0.5) is 5.69 Å². The lowest BCUT2D eigenvalue weighted by Gasteiger charge is -2.06. The molecule has 0 aliphatic heterocycles. The number of nitrogens with two attached hydrogens (primary N) is 1. The number of benzene rings is 2. The maximum Gasteiger partial charge on any atom is 0.250 e. The zero-order valence-electron chi connectivity index (χ0n) is 12.4. The molecule has 0 saturated carbocycles. The molecule has 0 aromatic heterocycles. The van der Waals surface area contributed by atoms with E-state index in [1.165, 1.54) is 25.3 Å². The second-order valence-electron chi connectivity index (χ2n) is 4.66. The van der Waals surface area contributed by atoms with Crippen molar-refractivity contribution in [1.82, 2.24) is 0 Å². The van der Waals surface area contributed by atoms with Gasteiger partial charge in [-0.2, -0.15) is 0 Å². The Labute approximate surface area is 133 Å². The van der Waals surface area contributed by atoms with Crippen LogP contribution in [0, 0.1) is 0 Å². The third-order valence-corrected chi connectivity index (χ3v) is 3.08. The summed E-state index contributed by atoms with van der Waals surface area (Å²) in [6.45, 7) is 0. The van der Waals surface area contributed by atoms with Crippen LogP contribution in [-0.4, -0.2) is 24.0 Å². The predicted molar refractivity (Wildman–Crippen MR) is 87.3 cm³/mol. The Morgan fingerprint density at radius 2 is 1.96 bits per heavy atom. The van der Waals surface area contributed by atoms with Crippen molar-refractivity contribution in [2.75, 3.05) is 12.4 Å². The Hall–Kier alpha value is -3.28. The standard InChI is InChI=1S/C17H16N2O4/c1-23-15-10-11(6-8-14(15)20)7-9-16(21)19-13-5-3-2-4-12(13)17(18)22/h2-10,20H,1H3,(H2,18,22)(H,19,21)/b9-7+. The quantitative estimate of drug-likeness (QED) is 0.736. The van der Waals surface area contributed by atoms with Gasteiger partial charge in [-0.25, -0.2) is 0 Å². The highest BCUT2D eigenvalue weighted by atomic mass is 16.5. The maximum absolute atomic E-state index is 12.0. The van der Waals surface area contributed by atoms with E-state index in [4.69, 9.17) is 10.5 Å². The van der Waals surface area contributed by atoms with Crippen LogP contribution in [0.15, 0.2) is 48.5 Å². The molecular formula is C17H16N2O4. The summed E-state index contributed by atoms with van der Waals surface area (Å²) in [4.78, 5) is 23.3. The molecule has 0 saturated heterocycles. The number of methoxy groups -OCH3 is 1. The molecule has 0 aliphatic carbocycles. The molecule has 0 heterocycles. The van der Waals surface area contributed by atoms with Crippen LogP contribution in [-0.2, 0) is 4.79 Å². The zero-order valence-corrected chi connectivity index (χ0v) is 12.4. The molecule has 6 heteroatoms. The van der Waals surface area contributed by atoms with Gasteiger partial charge in [-0.15, -0.1) is 0 Å². The molecule has 2 aromatic carbocycles. The van der Waals surface area contributed by atoms with Gasteiger partial charge in [-0.05, 0) is 35.9 Å². The fourth-order valence-electron chi connectivity index (χ4n) is 1.95. The van der Waals surface area contributed by atoms with E-state index in [2.05, 4.69) is 5.32 Å². The van der Waals surface area contributed by atoms with E-state index in [-0.39, 0.29) is 11.3 Å². The Morgan fingerprint density at radius 3 is 2.65 bits per heavy atom. The second-order valence-corrected chi connectivity index (χ2v) is 4.66. The first-order valence-electron chi connectivity index (χ1n) is 6.76. The smallest absolute Gasteiger partial charge is 0.250 e. The van der Waals surface area contributed by atoms with Crippen LogP contribution in [0.3, 0.4) is 0 Å². The Balaban J connectivity index is 2.12. The molecule has 0 aliphatic rings. The minimum Gasteiger partial charge on any atom is -0.504 e. The van der Waals surface area contributed by atoms with Crippen molar-refractivity contribution in [2.24, 2.45) is 5.73 Å². The number of carbonyl (C=O) groups is 2. The van der Waals surface area contributed by atoms with Crippen molar-refractivity contribution in [3.63, 3.8) is 0 Å². The van der Waals surface area contributed by atoms with Crippen molar-refractivity contribution in [3.8, 4) is 11.5 Å². The molecule has 23 heavy (non-hydrogen) atoms. The summed E-state index contributed by atoms with van der Waals surface area (Å²) < 4.78 is 4.99. The van der Waals surface area contributed by atoms with Gasteiger partial charge in [0.2, 0.25) is 5.91 Å². The minimum absolute atomic E-state index is 0.0180. The van der Waals surface area contributed by atoms with Gasteiger partial charge < -0.3 is 20.9 Å². The Bertz CT molecular complexity index is 769. The van der Waals surface area contributed by atoms with Crippen molar-refractivity contribution in [3.05, 3.63) is 59.7 Å². The number of para-hydroxylation sites is 1. The first-order valence-corrected chi connectivity index (χ1v) is 6.76. The average Bonchev–Trinajstić information content (AvgIpc) is 2.54. The molecular weight excluding hydrogens is 296 g/mol. The van der Waals surface area contributed by atoms with E-state index in [0.717, 1.165) is 0 Å². The monoisotopic (exact) mass is 312 g/mol. The molecule has 0 atom stereocenters. The number of hydrogen-bond donors (Lipinski definition) is 3. The average molecular weight is 312 g/mol. The fraction of sp³-hybridized carbons (Fsp3) is 0.0588. The lowest BCUT2D eigenvalue weighted by molar-refractivity contribution is -0.111. The van der Waals surface area contributed by atoms with Gasteiger partial charge in [0.05, 0.1) is 18.4 Å². The maximum atomic E-state index is 12.0. The van der Waals surface area contributed by atoms with Gasteiger partial charge in [0.1, 0.15) is 0 Å². The van der Waals surface area contributed by atoms with Gasteiger partial charge in [-0.1, -0.05) is 18.2 Å². The number of aromatic hydroxyl groups is 1. The molecule has 0 bridgehead atoms. The zero-order chi connectivity index (χ0) is 16.8. The van der Waals surface area contributed by atoms with E-state index in [0.29, 0.717) is 17.0 Å². The number of phenolic OH excluding ortho intramolecular Hbond substituents is 1. The van der Waals surface area contributed by atoms with Crippen LogP contribution in [0.1, 0.15) is 15.9 Å². The fourth-order valence-corrected chi connectivity index (χ4v) is 1.95. The molecule has 2 amide bonds. The van der Waals surface area contributed by atoms with E-state index >= 15 is 0 Å². The molecule has 6 nitrogen and oxygen atoms in total. The van der Waals surface area contributed by atoms with E-state index in [1.807, 2.05) is 0 Å². The van der Waals surface area contributed by atoms with Crippen LogP contribution >= 0.6 is 0 Å². The Kier molecular flexibility index (Phi) is 4.99.